The molecule has 1 saturated heterocycles. The number of hydrogen-bond donors (Lipinski definition) is 1. The van der Waals surface area contributed by atoms with Crippen LogP contribution in [0.3, 0.4) is 0 Å². The first-order valence-electron chi connectivity index (χ1n) is 7.26. The average molecular weight is 285 g/mol. The van der Waals surface area contributed by atoms with Crippen LogP contribution in [0.25, 0.3) is 0 Å². The van der Waals surface area contributed by atoms with Crippen LogP contribution in [0, 0.1) is 0 Å². The number of amides is 1. The Morgan fingerprint density at radius 3 is 2.90 bits per heavy atom. The number of aromatic nitrogens is 2. The molecule has 0 aliphatic carbocycles. The van der Waals surface area contributed by atoms with Crippen LogP contribution in [0.2, 0.25) is 0 Å². The number of nitrogens with one attached hydrogen (secondary N) is 1. The number of carbonyl (C=O) groups is 1. The third kappa shape index (κ3) is 3.49. The van der Waals surface area contributed by atoms with Gasteiger partial charge in [-0.1, -0.05) is 24.3 Å². The van der Waals surface area contributed by atoms with Gasteiger partial charge in [-0.15, -0.1) is 0 Å². The van der Waals surface area contributed by atoms with Gasteiger partial charge in [0.15, 0.2) is 0 Å². The molecule has 1 aromatic carbocycles. The summed E-state index contributed by atoms with van der Waals surface area (Å²) < 4.78 is 7.27. The molecule has 1 aliphatic heterocycles. The molecule has 3 rings (SSSR count). The Morgan fingerprint density at radius 1 is 1.33 bits per heavy atom. The molecule has 5 nitrogen and oxygen atoms in total. The lowest BCUT2D eigenvalue weighted by Crippen LogP contribution is -2.33. The van der Waals surface area contributed by atoms with Crippen molar-refractivity contribution in [2.24, 2.45) is 0 Å². The molecule has 2 heterocycles. The maximum absolute atomic E-state index is 12.0. The van der Waals surface area contributed by atoms with Crippen LogP contribution in [-0.2, 0) is 22.6 Å². The molecule has 0 radical (unpaired) electrons. The minimum absolute atomic E-state index is 0.0126. The predicted octanol–water partition coefficient (Wildman–Crippen LogP) is 1.73. The molecular weight excluding hydrogens is 266 g/mol. The second-order valence-electron chi connectivity index (χ2n) is 5.19. The van der Waals surface area contributed by atoms with Crippen LogP contribution >= 0.6 is 0 Å². The first-order valence-corrected chi connectivity index (χ1v) is 7.26. The fourth-order valence-corrected chi connectivity index (χ4v) is 2.53. The van der Waals surface area contributed by atoms with E-state index in [1.807, 2.05) is 35.1 Å². The van der Waals surface area contributed by atoms with Crippen molar-refractivity contribution in [3.8, 4) is 0 Å². The Morgan fingerprint density at radius 2 is 2.19 bits per heavy atom. The third-order valence-corrected chi connectivity index (χ3v) is 3.69. The Hall–Kier alpha value is -2.14. The van der Waals surface area contributed by atoms with E-state index in [0.29, 0.717) is 19.7 Å². The molecule has 1 N–H and O–H groups in total. The number of carbonyl (C=O) groups excluding carboxylic acids is 1. The number of nitrogens with zero attached hydrogens (tertiary/aromatic N) is 2. The van der Waals surface area contributed by atoms with Crippen LogP contribution in [-0.4, -0.2) is 28.4 Å². The zero-order valence-corrected chi connectivity index (χ0v) is 11.9. The van der Waals surface area contributed by atoms with Gasteiger partial charge in [0.1, 0.15) is 6.10 Å². The summed E-state index contributed by atoms with van der Waals surface area (Å²) in [7, 11) is 0. The minimum atomic E-state index is -0.275. The molecule has 5 heteroatoms. The van der Waals surface area contributed by atoms with Gasteiger partial charge in [-0.05, 0) is 30.0 Å². The summed E-state index contributed by atoms with van der Waals surface area (Å²) in [5.74, 6) is -0.0126. The smallest absolute Gasteiger partial charge is 0.249 e. The summed E-state index contributed by atoms with van der Waals surface area (Å²) in [6.07, 6.45) is 5.21. The quantitative estimate of drug-likeness (QED) is 0.910. The van der Waals surface area contributed by atoms with Gasteiger partial charge in [0, 0.05) is 25.5 Å². The van der Waals surface area contributed by atoms with Gasteiger partial charge in [0.2, 0.25) is 5.91 Å². The van der Waals surface area contributed by atoms with Gasteiger partial charge >= 0.3 is 0 Å². The van der Waals surface area contributed by atoms with Crippen molar-refractivity contribution in [3.05, 3.63) is 53.9 Å². The standard InChI is InChI=1S/C16H19N3O2/c20-16(15-7-3-10-21-15)17-11-13-5-1-2-6-14(13)12-19-9-4-8-18-19/h1-2,4-6,8-9,15H,3,7,10-12H2,(H,17,20). The van der Waals surface area contributed by atoms with E-state index in [1.165, 1.54) is 0 Å². The summed E-state index contributed by atoms with van der Waals surface area (Å²) in [4.78, 5) is 12.0. The molecule has 0 spiro atoms. The van der Waals surface area contributed by atoms with E-state index in [1.54, 1.807) is 6.20 Å². The minimum Gasteiger partial charge on any atom is -0.368 e. The van der Waals surface area contributed by atoms with Crippen molar-refractivity contribution >= 4 is 5.91 Å². The molecule has 21 heavy (non-hydrogen) atoms. The maximum atomic E-state index is 12.0. The largest absolute Gasteiger partial charge is 0.368 e. The number of rotatable bonds is 5. The lowest BCUT2D eigenvalue weighted by molar-refractivity contribution is -0.130. The molecule has 0 saturated carbocycles. The van der Waals surface area contributed by atoms with Gasteiger partial charge in [0.05, 0.1) is 6.54 Å². The zero-order valence-electron chi connectivity index (χ0n) is 11.9. The molecule has 0 bridgehead atoms. The van der Waals surface area contributed by atoms with Crippen molar-refractivity contribution in [1.29, 1.82) is 0 Å². The molecular formula is C16H19N3O2. The second-order valence-corrected chi connectivity index (χ2v) is 5.19. The first-order chi connectivity index (χ1) is 10.3. The lowest BCUT2D eigenvalue weighted by Gasteiger charge is -2.13. The Labute approximate surface area is 123 Å². The van der Waals surface area contributed by atoms with Gasteiger partial charge in [0.25, 0.3) is 0 Å². The van der Waals surface area contributed by atoms with Gasteiger partial charge in [-0.2, -0.15) is 5.10 Å². The third-order valence-electron chi connectivity index (χ3n) is 3.69. The number of ether oxygens (including phenoxy) is 1. The summed E-state index contributed by atoms with van der Waals surface area (Å²) in [5.41, 5.74) is 2.27. The highest BCUT2D eigenvalue weighted by atomic mass is 16.5. The van der Waals surface area contributed by atoms with Crippen LogP contribution in [0.5, 0.6) is 0 Å². The Balaban J connectivity index is 1.63. The molecule has 1 aromatic heterocycles. The SMILES string of the molecule is O=C(NCc1ccccc1Cn1cccn1)C1CCCO1. The van der Waals surface area contributed by atoms with E-state index >= 15 is 0 Å². The van der Waals surface area contributed by atoms with E-state index in [-0.39, 0.29) is 12.0 Å². The maximum Gasteiger partial charge on any atom is 0.249 e. The van der Waals surface area contributed by atoms with E-state index < -0.39 is 0 Å². The van der Waals surface area contributed by atoms with E-state index in [9.17, 15) is 4.79 Å². The summed E-state index contributed by atoms with van der Waals surface area (Å²) in [6, 6.07) is 10.00. The van der Waals surface area contributed by atoms with Gasteiger partial charge < -0.3 is 10.1 Å². The van der Waals surface area contributed by atoms with Crippen molar-refractivity contribution in [1.82, 2.24) is 15.1 Å². The highest BCUT2D eigenvalue weighted by molar-refractivity contribution is 5.80. The molecule has 1 aliphatic rings. The number of benzene rings is 1. The Bertz CT molecular complexity index is 589. The van der Waals surface area contributed by atoms with Gasteiger partial charge in [-0.25, -0.2) is 0 Å². The average Bonchev–Trinajstić information content (AvgIpc) is 3.19. The zero-order chi connectivity index (χ0) is 14.5. The van der Waals surface area contributed by atoms with E-state index in [2.05, 4.69) is 16.5 Å². The fourth-order valence-electron chi connectivity index (χ4n) is 2.53. The highest BCUT2D eigenvalue weighted by Crippen LogP contribution is 2.13. The van der Waals surface area contributed by atoms with Crippen molar-refractivity contribution in [2.75, 3.05) is 6.61 Å². The van der Waals surface area contributed by atoms with Crippen LogP contribution in [0.15, 0.2) is 42.7 Å². The molecule has 110 valence electrons. The molecule has 1 unspecified atom stereocenters. The summed E-state index contributed by atoms with van der Waals surface area (Å²) in [6.45, 7) is 1.92. The van der Waals surface area contributed by atoms with Crippen molar-refractivity contribution < 1.29 is 9.53 Å². The summed E-state index contributed by atoms with van der Waals surface area (Å²) in [5, 5.41) is 7.19. The Kier molecular flexibility index (Phi) is 4.31. The van der Waals surface area contributed by atoms with Crippen LogP contribution in [0.4, 0.5) is 0 Å². The number of hydrogen-bond acceptors (Lipinski definition) is 3. The van der Waals surface area contributed by atoms with E-state index in [4.69, 9.17) is 4.74 Å². The first kappa shape index (κ1) is 13.8. The lowest BCUT2D eigenvalue weighted by atomic mass is 10.1. The topological polar surface area (TPSA) is 56.2 Å². The normalized spacial score (nSPS) is 17.8. The van der Waals surface area contributed by atoms with Crippen molar-refractivity contribution in [2.45, 2.75) is 32.0 Å². The molecule has 2 aromatic rings. The van der Waals surface area contributed by atoms with Crippen molar-refractivity contribution in [3.63, 3.8) is 0 Å². The van der Waals surface area contributed by atoms with Crippen LogP contribution in [0.1, 0.15) is 24.0 Å². The predicted molar refractivity (Wildman–Crippen MR) is 78.6 cm³/mol. The van der Waals surface area contributed by atoms with Gasteiger partial charge in [-0.3, -0.25) is 9.48 Å². The molecule has 1 atom stereocenters. The molecule has 1 fully saturated rings. The summed E-state index contributed by atoms with van der Waals surface area (Å²) >= 11 is 0. The highest BCUT2D eigenvalue weighted by Gasteiger charge is 2.23. The molecule has 1 amide bonds. The monoisotopic (exact) mass is 285 g/mol. The fraction of sp³-hybridized carbons (Fsp3) is 0.375. The van der Waals surface area contributed by atoms with Crippen LogP contribution < -0.4 is 5.32 Å². The second kappa shape index (κ2) is 6.54. The van der Waals surface area contributed by atoms with E-state index in [0.717, 1.165) is 24.0 Å².